The molecule has 0 N–H and O–H groups in total. The molecule has 0 amide bonds. The van der Waals surface area contributed by atoms with Crippen molar-refractivity contribution < 1.29 is 4.74 Å². The molecule has 1 unspecified atom stereocenters. The summed E-state index contributed by atoms with van der Waals surface area (Å²) < 4.78 is 8.69. The van der Waals surface area contributed by atoms with Crippen LogP contribution in [-0.4, -0.2) is 21.9 Å². The summed E-state index contributed by atoms with van der Waals surface area (Å²) in [4.78, 5) is 4.07. The van der Waals surface area contributed by atoms with E-state index in [9.17, 15) is 0 Å². The maximum Gasteiger partial charge on any atom is 0.183 e. The molecule has 4 rings (SSSR count). The Balaban J connectivity index is 1.67. The van der Waals surface area contributed by atoms with Crippen LogP contribution < -0.4 is 0 Å². The number of hydrogen-bond donors (Lipinski definition) is 0. The highest BCUT2D eigenvalue weighted by atomic mass is 79.9. The molecule has 3 aromatic rings. The fourth-order valence-electron chi connectivity index (χ4n) is 3.12. The van der Waals surface area contributed by atoms with E-state index in [1.54, 1.807) is 19.5 Å². The van der Waals surface area contributed by atoms with Crippen LogP contribution in [0.1, 0.15) is 12.0 Å². The van der Waals surface area contributed by atoms with E-state index >= 15 is 0 Å². The van der Waals surface area contributed by atoms with Gasteiger partial charge in [-0.25, -0.2) is 4.68 Å². The first-order valence-electron chi connectivity index (χ1n) is 8.38. The van der Waals surface area contributed by atoms with Crippen LogP contribution in [0.3, 0.4) is 0 Å². The van der Waals surface area contributed by atoms with Crippen molar-refractivity contribution in [3.8, 4) is 11.3 Å². The molecular weight excluding hydrogens is 390 g/mol. The van der Waals surface area contributed by atoms with Gasteiger partial charge in [0.05, 0.1) is 4.47 Å². The molecule has 0 aliphatic heterocycles. The smallest absolute Gasteiger partial charge is 0.183 e. The van der Waals surface area contributed by atoms with Gasteiger partial charge in [-0.3, -0.25) is 4.98 Å². The largest absolute Gasteiger partial charge is 0.353 e. The molecule has 26 heavy (non-hydrogen) atoms. The van der Waals surface area contributed by atoms with Gasteiger partial charge in [-0.15, -0.1) is 0 Å². The Morgan fingerprint density at radius 2 is 1.85 bits per heavy atom. The quantitative estimate of drug-likeness (QED) is 0.607. The lowest BCUT2D eigenvalue weighted by Crippen LogP contribution is -2.34. The number of methoxy groups -OCH3 is 1. The Kier molecular flexibility index (Phi) is 4.57. The van der Waals surface area contributed by atoms with Crippen LogP contribution in [0.4, 0.5) is 0 Å². The second-order valence-corrected chi connectivity index (χ2v) is 6.97. The molecule has 1 aliphatic rings. The number of ether oxygens (including phenoxy) is 1. The number of aromatic nitrogens is 3. The van der Waals surface area contributed by atoms with Crippen molar-refractivity contribution in [1.82, 2.24) is 14.8 Å². The lowest BCUT2D eigenvalue weighted by Gasteiger charge is -2.31. The lowest BCUT2D eigenvalue weighted by atomic mass is 9.95. The normalized spacial score (nSPS) is 19.4. The van der Waals surface area contributed by atoms with Crippen LogP contribution in [0.15, 0.2) is 83.8 Å². The molecule has 130 valence electrons. The topological polar surface area (TPSA) is 39.9 Å². The fourth-order valence-corrected chi connectivity index (χ4v) is 3.63. The van der Waals surface area contributed by atoms with Crippen molar-refractivity contribution in [3.05, 3.63) is 89.3 Å². The Morgan fingerprint density at radius 1 is 1.08 bits per heavy atom. The molecule has 5 heteroatoms. The van der Waals surface area contributed by atoms with E-state index in [1.165, 1.54) is 11.1 Å². The minimum atomic E-state index is -0.633. The van der Waals surface area contributed by atoms with Gasteiger partial charge in [0.15, 0.2) is 5.72 Å². The molecule has 0 saturated heterocycles. The van der Waals surface area contributed by atoms with Gasteiger partial charge in [0, 0.05) is 37.7 Å². The molecule has 0 fully saturated rings. The van der Waals surface area contributed by atoms with Crippen LogP contribution in [0, 0.1) is 0 Å². The number of rotatable bonds is 4. The number of halogens is 1. The third-order valence-electron chi connectivity index (χ3n) is 4.61. The van der Waals surface area contributed by atoms with Gasteiger partial charge >= 0.3 is 0 Å². The summed E-state index contributed by atoms with van der Waals surface area (Å²) in [6, 6.07) is 14.2. The van der Waals surface area contributed by atoms with E-state index in [4.69, 9.17) is 9.84 Å². The van der Waals surface area contributed by atoms with Crippen molar-refractivity contribution in [1.29, 1.82) is 0 Å². The third kappa shape index (κ3) is 3.04. The average Bonchev–Trinajstić information content (AvgIpc) is 3.11. The number of hydrogen-bond acceptors (Lipinski definition) is 3. The number of nitrogens with zero attached hydrogens (tertiary/aromatic N) is 3. The first-order chi connectivity index (χ1) is 12.7. The monoisotopic (exact) mass is 407 g/mol. The standard InChI is InChI=1S/C21H18BrN3O/c1-26-21(11-7-17(8-12-21)16-5-3-2-4-6-16)25-15-19(22)20(24-25)18-9-13-23-14-10-18/h2-11,13-15H,12H2,1H3. The second kappa shape index (κ2) is 7.02. The molecule has 0 saturated carbocycles. The SMILES string of the molecule is COC1(n2cc(Br)c(-c3ccncc3)n2)C=CC(c2ccccc2)=CC1. The van der Waals surface area contributed by atoms with Crippen LogP contribution >= 0.6 is 15.9 Å². The molecule has 1 aliphatic carbocycles. The van der Waals surface area contributed by atoms with Crippen LogP contribution in [0.25, 0.3) is 16.8 Å². The fraction of sp³-hybridized carbons (Fsp3) is 0.143. The second-order valence-electron chi connectivity index (χ2n) is 6.12. The number of pyridine rings is 1. The van der Waals surface area contributed by atoms with Crippen molar-refractivity contribution in [3.63, 3.8) is 0 Å². The highest BCUT2D eigenvalue weighted by molar-refractivity contribution is 9.10. The minimum absolute atomic E-state index is 0.633. The highest BCUT2D eigenvalue weighted by Gasteiger charge is 2.32. The van der Waals surface area contributed by atoms with E-state index in [1.807, 2.05) is 41.2 Å². The zero-order chi connectivity index (χ0) is 18.0. The van der Waals surface area contributed by atoms with Gasteiger partial charge in [-0.05, 0) is 45.3 Å². The molecule has 0 radical (unpaired) electrons. The summed E-state index contributed by atoms with van der Waals surface area (Å²) in [6.45, 7) is 0. The first-order valence-corrected chi connectivity index (χ1v) is 9.17. The summed E-state index contributed by atoms with van der Waals surface area (Å²) in [6.07, 6.45) is 12.6. The van der Waals surface area contributed by atoms with Crippen molar-refractivity contribution in [2.75, 3.05) is 7.11 Å². The predicted molar refractivity (Wildman–Crippen MR) is 106 cm³/mol. The first kappa shape index (κ1) is 16.9. The molecule has 0 spiro atoms. The molecule has 1 atom stereocenters. The summed E-state index contributed by atoms with van der Waals surface area (Å²) in [7, 11) is 1.72. The van der Waals surface area contributed by atoms with Gasteiger partial charge in [0.1, 0.15) is 5.69 Å². The number of benzene rings is 1. The Bertz CT molecular complexity index is 963. The summed E-state index contributed by atoms with van der Waals surface area (Å²) in [5, 5.41) is 4.78. The number of allylic oxidation sites excluding steroid dienone is 2. The Hall–Kier alpha value is -2.50. The zero-order valence-corrected chi connectivity index (χ0v) is 15.9. The summed E-state index contributed by atoms with van der Waals surface area (Å²) in [5.41, 5.74) is 3.64. The highest BCUT2D eigenvalue weighted by Crippen LogP contribution is 2.35. The molecule has 2 aromatic heterocycles. The Morgan fingerprint density at radius 3 is 2.50 bits per heavy atom. The maximum atomic E-state index is 5.89. The van der Waals surface area contributed by atoms with Gasteiger partial charge in [-0.1, -0.05) is 42.5 Å². The Labute approximate surface area is 161 Å². The van der Waals surface area contributed by atoms with Crippen molar-refractivity contribution >= 4 is 21.5 Å². The van der Waals surface area contributed by atoms with Crippen molar-refractivity contribution in [2.24, 2.45) is 0 Å². The average molecular weight is 408 g/mol. The molecule has 2 heterocycles. The summed E-state index contributed by atoms with van der Waals surface area (Å²) >= 11 is 3.62. The van der Waals surface area contributed by atoms with Gasteiger partial charge in [-0.2, -0.15) is 5.10 Å². The molecule has 0 bridgehead atoms. The van der Waals surface area contributed by atoms with E-state index in [2.05, 4.69) is 51.3 Å². The van der Waals surface area contributed by atoms with Crippen LogP contribution in [0.2, 0.25) is 0 Å². The predicted octanol–water partition coefficient (Wildman–Crippen LogP) is 5.05. The van der Waals surface area contributed by atoms with Gasteiger partial charge in [0.2, 0.25) is 0 Å². The zero-order valence-electron chi connectivity index (χ0n) is 14.3. The lowest BCUT2D eigenvalue weighted by molar-refractivity contribution is -0.0422. The third-order valence-corrected chi connectivity index (χ3v) is 5.19. The van der Waals surface area contributed by atoms with E-state index in [0.29, 0.717) is 6.42 Å². The van der Waals surface area contributed by atoms with Crippen LogP contribution in [0.5, 0.6) is 0 Å². The van der Waals surface area contributed by atoms with E-state index in [-0.39, 0.29) is 0 Å². The van der Waals surface area contributed by atoms with Crippen molar-refractivity contribution in [2.45, 2.75) is 12.1 Å². The van der Waals surface area contributed by atoms with E-state index in [0.717, 1.165) is 15.7 Å². The van der Waals surface area contributed by atoms with Gasteiger partial charge in [0.25, 0.3) is 0 Å². The molecule has 4 nitrogen and oxygen atoms in total. The maximum absolute atomic E-state index is 5.89. The minimum Gasteiger partial charge on any atom is -0.353 e. The molecular formula is C21H18BrN3O. The van der Waals surface area contributed by atoms with E-state index < -0.39 is 5.72 Å². The van der Waals surface area contributed by atoms with Crippen LogP contribution in [-0.2, 0) is 10.5 Å². The summed E-state index contributed by atoms with van der Waals surface area (Å²) in [5.74, 6) is 0. The molecule has 1 aromatic carbocycles. The van der Waals surface area contributed by atoms with Gasteiger partial charge < -0.3 is 4.74 Å².